The van der Waals surface area contributed by atoms with Crippen LogP contribution in [0.1, 0.15) is 11.4 Å². The van der Waals surface area contributed by atoms with Crippen LogP contribution in [0.4, 0.5) is 0 Å². The van der Waals surface area contributed by atoms with Crippen molar-refractivity contribution in [3.8, 4) is 33.7 Å². The summed E-state index contributed by atoms with van der Waals surface area (Å²) in [6.07, 6.45) is 3.40. The third kappa shape index (κ3) is 3.73. The topological polar surface area (TPSA) is 100 Å². The maximum absolute atomic E-state index is 6.11. The third-order valence-electron chi connectivity index (χ3n) is 5.14. The van der Waals surface area contributed by atoms with E-state index in [1.165, 1.54) is 0 Å². The van der Waals surface area contributed by atoms with E-state index in [9.17, 15) is 0 Å². The molecule has 2 aromatic carbocycles. The molecule has 0 saturated carbocycles. The Morgan fingerprint density at radius 3 is 2.82 bits per heavy atom. The molecule has 10 heteroatoms. The maximum Gasteiger partial charge on any atom is 0.251 e. The number of imidazole rings is 1. The van der Waals surface area contributed by atoms with Crippen LogP contribution in [0.2, 0.25) is 0 Å². The average Bonchev–Trinajstić information content (AvgIpc) is 3.60. The summed E-state index contributed by atoms with van der Waals surface area (Å²) in [5, 5.41) is 7.32. The van der Waals surface area contributed by atoms with Gasteiger partial charge in [-0.25, -0.2) is 24.5 Å². The number of ether oxygens (including phenoxy) is 2. The Hall–Kier alpha value is -4.31. The molecule has 0 bridgehead atoms. The normalized spacial score (nSPS) is 11.4. The van der Waals surface area contributed by atoms with Gasteiger partial charge in [-0.15, -0.1) is 11.3 Å². The zero-order valence-corrected chi connectivity index (χ0v) is 19.1. The first kappa shape index (κ1) is 20.3. The van der Waals surface area contributed by atoms with Crippen molar-refractivity contribution in [3.05, 3.63) is 71.6 Å². The molecule has 0 N–H and O–H groups in total. The number of nitrogens with zero attached hydrogens (tertiary/aromatic N) is 6. The predicted octanol–water partition coefficient (Wildman–Crippen LogP) is 4.95. The lowest BCUT2D eigenvalue weighted by atomic mass is 10.2. The van der Waals surface area contributed by atoms with Crippen molar-refractivity contribution < 1.29 is 13.9 Å². The molecule has 34 heavy (non-hydrogen) atoms. The van der Waals surface area contributed by atoms with E-state index >= 15 is 0 Å². The van der Waals surface area contributed by atoms with Gasteiger partial charge in [0.25, 0.3) is 5.78 Å². The highest BCUT2D eigenvalue weighted by Gasteiger charge is 2.18. The highest BCUT2D eigenvalue weighted by atomic mass is 32.1. The first-order valence-corrected chi connectivity index (χ1v) is 11.3. The quantitative estimate of drug-likeness (QED) is 0.337. The summed E-state index contributed by atoms with van der Waals surface area (Å²) in [5.41, 5.74) is 4.32. The standard InChI is InChI=1S/C24H18N6O3S/c1-14-10-25-24-27-18(11-30(24)29-14)22-28-21-19(8-17(31-2)9-20(21)33-22)32-12-16-13-34-23(26-16)15-6-4-3-5-7-15/h3-11,13H,12H2,1-2H3. The van der Waals surface area contributed by atoms with Crippen molar-refractivity contribution >= 4 is 28.2 Å². The SMILES string of the molecule is COc1cc(OCc2csc(-c3ccccc3)n2)c2nc(-c3cn4nc(C)cnc4n3)oc2c1. The van der Waals surface area contributed by atoms with Crippen LogP contribution in [0, 0.1) is 6.92 Å². The highest BCUT2D eigenvalue weighted by Crippen LogP contribution is 2.34. The predicted molar refractivity (Wildman–Crippen MR) is 127 cm³/mol. The molecule has 0 fully saturated rings. The fraction of sp³-hybridized carbons (Fsp3) is 0.125. The summed E-state index contributed by atoms with van der Waals surface area (Å²) >= 11 is 1.58. The number of rotatable bonds is 6. The number of thiazole rings is 1. The lowest BCUT2D eigenvalue weighted by molar-refractivity contribution is 0.303. The lowest BCUT2D eigenvalue weighted by Gasteiger charge is -2.07. The summed E-state index contributed by atoms with van der Waals surface area (Å²) in [5.74, 6) is 1.95. The van der Waals surface area contributed by atoms with Gasteiger partial charge in [-0.05, 0) is 6.92 Å². The van der Waals surface area contributed by atoms with Crippen molar-refractivity contribution in [2.45, 2.75) is 13.5 Å². The maximum atomic E-state index is 6.11. The molecule has 0 saturated heterocycles. The van der Waals surface area contributed by atoms with E-state index in [1.807, 2.05) is 42.6 Å². The summed E-state index contributed by atoms with van der Waals surface area (Å²) in [7, 11) is 1.59. The van der Waals surface area contributed by atoms with Gasteiger partial charge in [0.15, 0.2) is 16.8 Å². The first-order chi connectivity index (χ1) is 16.7. The molecule has 9 nitrogen and oxygen atoms in total. The van der Waals surface area contributed by atoms with Crippen LogP contribution in [0.3, 0.4) is 0 Å². The number of aryl methyl sites for hydroxylation is 1. The second kappa shape index (κ2) is 8.23. The first-order valence-electron chi connectivity index (χ1n) is 10.5. The minimum Gasteiger partial charge on any atom is -0.496 e. The monoisotopic (exact) mass is 470 g/mol. The minimum atomic E-state index is 0.287. The van der Waals surface area contributed by atoms with Gasteiger partial charge >= 0.3 is 0 Å². The van der Waals surface area contributed by atoms with Gasteiger partial charge in [-0.3, -0.25) is 0 Å². The van der Waals surface area contributed by atoms with Crippen LogP contribution in [0.25, 0.3) is 39.0 Å². The number of fused-ring (bicyclic) bond motifs is 2. The molecule has 0 aliphatic rings. The van der Waals surface area contributed by atoms with Crippen LogP contribution in [0.5, 0.6) is 11.5 Å². The molecule has 0 aliphatic carbocycles. The van der Waals surface area contributed by atoms with Crippen LogP contribution >= 0.6 is 11.3 Å². The molecule has 0 atom stereocenters. The summed E-state index contributed by atoms with van der Waals surface area (Å²) < 4.78 is 19.1. The van der Waals surface area contributed by atoms with E-state index in [2.05, 4.69) is 20.1 Å². The van der Waals surface area contributed by atoms with Crippen LogP contribution in [-0.4, -0.2) is 36.7 Å². The number of aromatic nitrogens is 6. The second-order valence-electron chi connectivity index (χ2n) is 7.56. The molecule has 0 aliphatic heterocycles. The van der Waals surface area contributed by atoms with E-state index < -0.39 is 0 Å². The van der Waals surface area contributed by atoms with Crippen LogP contribution in [-0.2, 0) is 6.61 Å². The van der Waals surface area contributed by atoms with Crippen LogP contribution in [0.15, 0.2) is 64.7 Å². The van der Waals surface area contributed by atoms with E-state index in [4.69, 9.17) is 18.9 Å². The van der Waals surface area contributed by atoms with Gasteiger partial charge in [0.2, 0.25) is 5.89 Å². The molecule has 4 heterocycles. The van der Waals surface area contributed by atoms with Gasteiger partial charge in [-0.1, -0.05) is 30.3 Å². The van der Waals surface area contributed by atoms with Crippen molar-refractivity contribution in [2.75, 3.05) is 7.11 Å². The molecule has 0 spiro atoms. The smallest absolute Gasteiger partial charge is 0.251 e. The fourth-order valence-corrected chi connectivity index (χ4v) is 4.33. The largest absolute Gasteiger partial charge is 0.496 e. The highest BCUT2D eigenvalue weighted by molar-refractivity contribution is 7.13. The molecule has 6 aromatic rings. The zero-order valence-electron chi connectivity index (χ0n) is 18.3. The van der Waals surface area contributed by atoms with E-state index in [-0.39, 0.29) is 6.61 Å². The Morgan fingerprint density at radius 1 is 1.09 bits per heavy atom. The number of oxazole rings is 1. The Kier molecular flexibility index (Phi) is 4.92. The number of hydrogen-bond donors (Lipinski definition) is 0. The summed E-state index contributed by atoms with van der Waals surface area (Å²) in [6, 6.07) is 13.6. The van der Waals surface area contributed by atoms with Crippen molar-refractivity contribution in [2.24, 2.45) is 0 Å². The van der Waals surface area contributed by atoms with Gasteiger partial charge in [0, 0.05) is 23.1 Å². The second-order valence-corrected chi connectivity index (χ2v) is 8.42. The Balaban J connectivity index is 1.32. The Bertz CT molecular complexity index is 1620. The lowest BCUT2D eigenvalue weighted by Crippen LogP contribution is -1.97. The number of methoxy groups -OCH3 is 1. The van der Waals surface area contributed by atoms with E-state index in [1.54, 1.807) is 47.5 Å². The Labute approximate surface area is 197 Å². The van der Waals surface area contributed by atoms with Gasteiger partial charge in [0.1, 0.15) is 23.1 Å². The van der Waals surface area contributed by atoms with E-state index in [0.717, 1.165) is 22.0 Å². The molecule has 0 unspecified atom stereocenters. The minimum absolute atomic E-state index is 0.287. The summed E-state index contributed by atoms with van der Waals surface area (Å²) in [6.45, 7) is 2.15. The molecular weight excluding hydrogens is 452 g/mol. The van der Waals surface area contributed by atoms with E-state index in [0.29, 0.717) is 40.0 Å². The average molecular weight is 471 g/mol. The summed E-state index contributed by atoms with van der Waals surface area (Å²) in [4.78, 5) is 18.1. The zero-order chi connectivity index (χ0) is 23.1. The van der Waals surface area contributed by atoms with Crippen molar-refractivity contribution in [1.29, 1.82) is 0 Å². The molecule has 0 amide bonds. The van der Waals surface area contributed by atoms with Gasteiger partial charge in [-0.2, -0.15) is 5.10 Å². The molecule has 6 rings (SSSR count). The molecule has 4 aromatic heterocycles. The van der Waals surface area contributed by atoms with Crippen molar-refractivity contribution in [3.63, 3.8) is 0 Å². The number of hydrogen-bond acceptors (Lipinski definition) is 9. The molecule has 168 valence electrons. The third-order valence-corrected chi connectivity index (χ3v) is 6.08. The number of benzene rings is 2. The molecule has 0 radical (unpaired) electrons. The Morgan fingerprint density at radius 2 is 1.97 bits per heavy atom. The van der Waals surface area contributed by atoms with Gasteiger partial charge in [0.05, 0.1) is 30.9 Å². The fourth-order valence-electron chi connectivity index (χ4n) is 3.52. The van der Waals surface area contributed by atoms with Crippen molar-refractivity contribution in [1.82, 2.24) is 29.5 Å². The van der Waals surface area contributed by atoms with Gasteiger partial charge < -0.3 is 13.9 Å². The molecular formula is C24H18N6O3S. The van der Waals surface area contributed by atoms with Crippen LogP contribution < -0.4 is 9.47 Å².